The first-order chi connectivity index (χ1) is 8.99. The highest BCUT2D eigenvalue weighted by Crippen LogP contribution is 2.18. The van der Waals surface area contributed by atoms with Gasteiger partial charge < -0.3 is 9.32 Å². The molecule has 2 rings (SSSR count). The Labute approximate surface area is 114 Å². The second kappa shape index (κ2) is 5.48. The van der Waals surface area contributed by atoms with Gasteiger partial charge in [0.25, 0.3) is 0 Å². The van der Waals surface area contributed by atoms with Crippen molar-refractivity contribution in [3.05, 3.63) is 48.4 Å². The van der Waals surface area contributed by atoms with Gasteiger partial charge in [0.1, 0.15) is 12.3 Å². The molecule has 0 aliphatic heterocycles. The van der Waals surface area contributed by atoms with Crippen LogP contribution in [0.25, 0.3) is 0 Å². The Balaban J connectivity index is 2.23. The van der Waals surface area contributed by atoms with Gasteiger partial charge in [-0.05, 0) is 36.4 Å². The van der Waals surface area contributed by atoms with Crippen molar-refractivity contribution < 1.29 is 8.63 Å². The van der Waals surface area contributed by atoms with E-state index in [4.69, 9.17) is 4.42 Å². The average Bonchev–Trinajstić information content (AvgIpc) is 2.90. The van der Waals surface area contributed by atoms with E-state index in [0.717, 1.165) is 16.3 Å². The first-order valence-corrected chi connectivity index (χ1v) is 7.89. The van der Waals surface area contributed by atoms with Crippen molar-refractivity contribution in [3.63, 3.8) is 0 Å². The van der Waals surface area contributed by atoms with E-state index in [1.165, 1.54) is 0 Å². The molecule has 1 unspecified atom stereocenters. The summed E-state index contributed by atoms with van der Waals surface area (Å²) in [5.74, 6) is 0.722. The van der Waals surface area contributed by atoms with E-state index in [0.29, 0.717) is 6.54 Å². The van der Waals surface area contributed by atoms with Crippen molar-refractivity contribution in [1.82, 2.24) is 0 Å². The molecule has 0 aliphatic carbocycles. The standard InChI is InChI=1S/C14H18N2O2S/c1-16(2)12-6-8-14(9-7-12)19(3,17)15-11-13-5-4-10-18-13/h4-10H,11H2,1-3H3. The quantitative estimate of drug-likeness (QED) is 0.863. The van der Waals surface area contributed by atoms with Crippen molar-refractivity contribution >= 4 is 15.4 Å². The fourth-order valence-corrected chi connectivity index (χ4v) is 2.82. The Morgan fingerprint density at radius 2 is 1.89 bits per heavy atom. The van der Waals surface area contributed by atoms with Crippen LogP contribution in [0.2, 0.25) is 0 Å². The highest BCUT2D eigenvalue weighted by molar-refractivity contribution is 7.93. The monoisotopic (exact) mass is 278 g/mol. The third-order valence-electron chi connectivity index (χ3n) is 2.84. The van der Waals surface area contributed by atoms with Crippen molar-refractivity contribution in [2.45, 2.75) is 11.4 Å². The molecule has 0 saturated heterocycles. The zero-order chi connectivity index (χ0) is 13.9. The minimum atomic E-state index is -2.38. The third kappa shape index (κ3) is 3.38. The molecule has 1 aromatic carbocycles. The fraction of sp³-hybridized carbons (Fsp3) is 0.286. The van der Waals surface area contributed by atoms with Gasteiger partial charge in [-0.15, -0.1) is 0 Å². The molecule has 0 N–H and O–H groups in total. The lowest BCUT2D eigenvalue weighted by molar-refractivity contribution is 0.513. The maximum absolute atomic E-state index is 12.5. The Bertz CT molecular complexity index is 637. The topological polar surface area (TPSA) is 45.8 Å². The summed E-state index contributed by atoms with van der Waals surface area (Å²) in [5.41, 5.74) is 1.07. The Hall–Kier alpha value is -1.75. The minimum Gasteiger partial charge on any atom is -0.467 e. The van der Waals surface area contributed by atoms with Crippen molar-refractivity contribution in [3.8, 4) is 0 Å². The molecule has 0 radical (unpaired) electrons. The fourth-order valence-electron chi connectivity index (χ4n) is 1.66. The summed E-state index contributed by atoms with van der Waals surface area (Å²) in [5, 5.41) is 0. The van der Waals surface area contributed by atoms with Gasteiger partial charge in [0.2, 0.25) is 0 Å². The van der Waals surface area contributed by atoms with Crippen LogP contribution in [0.3, 0.4) is 0 Å². The number of hydrogen-bond donors (Lipinski definition) is 0. The average molecular weight is 278 g/mol. The maximum atomic E-state index is 12.5. The van der Waals surface area contributed by atoms with Crippen LogP contribution in [0, 0.1) is 0 Å². The number of benzene rings is 1. The summed E-state index contributed by atoms with van der Waals surface area (Å²) in [6.45, 7) is 0.331. The Kier molecular flexibility index (Phi) is 3.95. The molecule has 0 bridgehead atoms. The first-order valence-electron chi connectivity index (χ1n) is 5.97. The molecule has 4 nitrogen and oxygen atoms in total. The van der Waals surface area contributed by atoms with Gasteiger partial charge in [0.15, 0.2) is 0 Å². The second-order valence-corrected chi connectivity index (χ2v) is 6.89. The van der Waals surface area contributed by atoms with Gasteiger partial charge in [-0.2, -0.15) is 0 Å². The Morgan fingerprint density at radius 1 is 1.21 bits per heavy atom. The van der Waals surface area contributed by atoms with Crippen LogP contribution in [0.5, 0.6) is 0 Å². The lowest BCUT2D eigenvalue weighted by atomic mass is 10.3. The van der Waals surface area contributed by atoms with Crippen LogP contribution in [0.1, 0.15) is 5.76 Å². The van der Waals surface area contributed by atoms with Gasteiger partial charge in [-0.3, -0.25) is 0 Å². The van der Waals surface area contributed by atoms with E-state index in [9.17, 15) is 4.21 Å². The predicted molar refractivity (Wildman–Crippen MR) is 77.9 cm³/mol. The molecule has 1 aromatic heterocycles. The molecule has 2 aromatic rings. The maximum Gasteiger partial charge on any atom is 0.125 e. The van der Waals surface area contributed by atoms with E-state index in [1.54, 1.807) is 18.6 Å². The number of anilines is 1. The molecule has 19 heavy (non-hydrogen) atoms. The van der Waals surface area contributed by atoms with Crippen LogP contribution in [-0.4, -0.2) is 24.6 Å². The number of hydrogen-bond acceptors (Lipinski definition) is 4. The normalized spacial score (nSPS) is 13.8. The van der Waals surface area contributed by atoms with Gasteiger partial charge in [-0.1, -0.05) is 0 Å². The van der Waals surface area contributed by atoms with Gasteiger partial charge >= 0.3 is 0 Å². The van der Waals surface area contributed by atoms with E-state index in [2.05, 4.69) is 4.36 Å². The number of rotatable bonds is 4. The third-order valence-corrected chi connectivity index (χ3v) is 4.61. The molecule has 0 saturated carbocycles. The molecule has 1 heterocycles. The second-order valence-electron chi connectivity index (χ2n) is 4.56. The molecule has 102 valence electrons. The van der Waals surface area contributed by atoms with Crippen LogP contribution in [0.15, 0.2) is 56.3 Å². The lowest BCUT2D eigenvalue weighted by Gasteiger charge is -2.13. The Morgan fingerprint density at radius 3 is 2.42 bits per heavy atom. The molecule has 1 atom stereocenters. The lowest BCUT2D eigenvalue weighted by Crippen LogP contribution is -2.08. The summed E-state index contributed by atoms with van der Waals surface area (Å²) in [4.78, 5) is 2.74. The summed E-state index contributed by atoms with van der Waals surface area (Å²) >= 11 is 0. The summed E-state index contributed by atoms with van der Waals surface area (Å²) in [6, 6.07) is 11.2. The summed E-state index contributed by atoms with van der Waals surface area (Å²) in [6.07, 6.45) is 3.24. The SMILES string of the molecule is CN(C)c1ccc(S(C)(=O)=NCc2ccco2)cc1. The van der Waals surface area contributed by atoms with Crippen molar-refractivity contribution in [1.29, 1.82) is 0 Å². The predicted octanol–water partition coefficient (Wildman–Crippen LogP) is 3.00. The van der Waals surface area contributed by atoms with Crippen LogP contribution in [-0.2, 0) is 16.3 Å². The minimum absolute atomic E-state index is 0.331. The van der Waals surface area contributed by atoms with Crippen molar-refractivity contribution in [2.24, 2.45) is 4.36 Å². The van der Waals surface area contributed by atoms with Gasteiger partial charge in [0, 0.05) is 30.9 Å². The number of furan rings is 1. The van der Waals surface area contributed by atoms with Crippen molar-refractivity contribution in [2.75, 3.05) is 25.3 Å². The molecular weight excluding hydrogens is 260 g/mol. The number of nitrogens with zero attached hydrogens (tertiary/aromatic N) is 2. The highest BCUT2D eigenvalue weighted by Gasteiger charge is 2.07. The molecule has 0 fully saturated rings. The van der Waals surface area contributed by atoms with Crippen LogP contribution >= 0.6 is 0 Å². The molecule has 5 heteroatoms. The van der Waals surface area contributed by atoms with E-state index >= 15 is 0 Å². The van der Waals surface area contributed by atoms with E-state index in [1.807, 2.05) is 49.3 Å². The first kappa shape index (κ1) is 13.7. The summed E-state index contributed by atoms with van der Waals surface area (Å²) < 4.78 is 22.0. The van der Waals surface area contributed by atoms with Gasteiger partial charge in [-0.25, -0.2) is 8.57 Å². The zero-order valence-corrected chi connectivity index (χ0v) is 12.2. The highest BCUT2D eigenvalue weighted by atomic mass is 32.2. The smallest absolute Gasteiger partial charge is 0.125 e. The van der Waals surface area contributed by atoms with E-state index < -0.39 is 9.73 Å². The van der Waals surface area contributed by atoms with Crippen LogP contribution in [0.4, 0.5) is 5.69 Å². The largest absolute Gasteiger partial charge is 0.467 e. The summed E-state index contributed by atoms with van der Waals surface area (Å²) in [7, 11) is 1.56. The van der Waals surface area contributed by atoms with Crippen LogP contribution < -0.4 is 4.90 Å². The van der Waals surface area contributed by atoms with Gasteiger partial charge in [0.05, 0.1) is 16.0 Å². The zero-order valence-electron chi connectivity index (χ0n) is 11.4. The molecule has 0 spiro atoms. The molecule has 0 amide bonds. The molecular formula is C14H18N2O2S. The molecule has 0 aliphatic rings. The van der Waals surface area contributed by atoms with E-state index in [-0.39, 0.29) is 0 Å².